The van der Waals surface area contributed by atoms with Gasteiger partial charge < -0.3 is 0 Å². The van der Waals surface area contributed by atoms with E-state index in [4.69, 9.17) is 0 Å². The van der Waals surface area contributed by atoms with Crippen molar-refractivity contribution in [3.8, 4) is 11.4 Å². The summed E-state index contributed by atoms with van der Waals surface area (Å²) in [4.78, 5) is 16.7. The molecule has 0 saturated carbocycles. The van der Waals surface area contributed by atoms with Crippen molar-refractivity contribution in [2.75, 3.05) is 0 Å². The standard InChI is InChI=1S/C17H11F2N3OS/c18-12-6-4-10(5-7-12)16-20-17-22(21-16)15(23)9-14(24-17)11-2-1-3-13(19)8-11/h1-8,14H,9H2. The zero-order chi connectivity index (χ0) is 16.7. The summed E-state index contributed by atoms with van der Waals surface area (Å²) in [5.74, 6) is -0.511. The molecule has 0 bridgehead atoms. The van der Waals surface area contributed by atoms with Crippen molar-refractivity contribution < 1.29 is 13.6 Å². The van der Waals surface area contributed by atoms with E-state index in [9.17, 15) is 13.6 Å². The van der Waals surface area contributed by atoms with Gasteiger partial charge in [-0.1, -0.05) is 23.9 Å². The van der Waals surface area contributed by atoms with Crippen molar-refractivity contribution in [2.24, 2.45) is 0 Å². The highest BCUT2D eigenvalue weighted by atomic mass is 32.2. The summed E-state index contributed by atoms with van der Waals surface area (Å²) in [5, 5.41) is 4.47. The van der Waals surface area contributed by atoms with Crippen LogP contribution in [0.5, 0.6) is 0 Å². The van der Waals surface area contributed by atoms with Crippen molar-refractivity contribution >= 4 is 17.7 Å². The van der Waals surface area contributed by atoms with Gasteiger partial charge in [0.05, 0.1) is 0 Å². The second-order valence-electron chi connectivity index (χ2n) is 5.40. The lowest BCUT2D eigenvalue weighted by atomic mass is 10.1. The predicted octanol–water partition coefficient (Wildman–Crippen LogP) is 4.10. The van der Waals surface area contributed by atoms with Crippen LogP contribution in [0.15, 0.2) is 53.7 Å². The summed E-state index contributed by atoms with van der Waals surface area (Å²) >= 11 is 1.37. The van der Waals surface area contributed by atoms with E-state index in [1.54, 1.807) is 24.3 Å². The molecule has 120 valence electrons. The smallest absolute Gasteiger partial charge is 0.250 e. The van der Waals surface area contributed by atoms with Gasteiger partial charge in [-0.3, -0.25) is 4.79 Å². The van der Waals surface area contributed by atoms with Crippen LogP contribution in [0.25, 0.3) is 11.4 Å². The number of fused-ring (bicyclic) bond motifs is 1. The molecule has 0 radical (unpaired) electrons. The summed E-state index contributed by atoms with van der Waals surface area (Å²) in [7, 11) is 0. The first-order valence-corrected chi connectivity index (χ1v) is 8.16. The fourth-order valence-corrected chi connectivity index (χ4v) is 3.71. The summed E-state index contributed by atoms with van der Waals surface area (Å²) in [5.41, 5.74) is 1.37. The number of rotatable bonds is 2. The first-order valence-electron chi connectivity index (χ1n) is 7.28. The number of nitrogens with zero attached hydrogens (tertiary/aromatic N) is 3. The molecule has 0 amide bonds. The highest BCUT2D eigenvalue weighted by molar-refractivity contribution is 7.99. The van der Waals surface area contributed by atoms with Gasteiger partial charge in [0, 0.05) is 17.2 Å². The third kappa shape index (κ3) is 2.71. The van der Waals surface area contributed by atoms with Crippen LogP contribution in [0.1, 0.15) is 22.0 Å². The highest BCUT2D eigenvalue weighted by Gasteiger charge is 2.30. The van der Waals surface area contributed by atoms with Crippen LogP contribution >= 0.6 is 11.8 Å². The average molecular weight is 343 g/mol. The van der Waals surface area contributed by atoms with Crippen LogP contribution in [0.4, 0.5) is 8.78 Å². The fourth-order valence-electron chi connectivity index (χ4n) is 2.56. The lowest BCUT2D eigenvalue weighted by Crippen LogP contribution is -2.21. The maximum atomic E-state index is 13.4. The molecule has 1 aliphatic heterocycles. The Morgan fingerprint density at radius 1 is 1.08 bits per heavy atom. The second kappa shape index (κ2) is 5.83. The number of carbonyl (C=O) groups is 1. The topological polar surface area (TPSA) is 47.8 Å². The Morgan fingerprint density at radius 2 is 1.88 bits per heavy atom. The van der Waals surface area contributed by atoms with Crippen LogP contribution in [0, 0.1) is 11.6 Å². The minimum absolute atomic E-state index is 0.195. The lowest BCUT2D eigenvalue weighted by Gasteiger charge is -2.20. The van der Waals surface area contributed by atoms with E-state index in [0.29, 0.717) is 16.5 Å². The molecular weight excluding hydrogens is 332 g/mol. The van der Waals surface area contributed by atoms with Crippen molar-refractivity contribution in [1.82, 2.24) is 14.8 Å². The quantitative estimate of drug-likeness (QED) is 0.703. The number of hydrogen-bond acceptors (Lipinski definition) is 4. The Balaban J connectivity index is 1.68. The van der Waals surface area contributed by atoms with Gasteiger partial charge in [0.15, 0.2) is 11.0 Å². The molecule has 7 heteroatoms. The van der Waals surface area contributed by atoms with Crippen LogP contribution < -0.4 is 0 Å². The Bertz CT molecular complexity index is 924. The second-order valence-corrected chi connectivity index (χ2v) is 6.57. The van der Waals surface area contributed by atoms with E-state index in [2.05, 4.69) is 10.1 Å². The number of aromatic nitrogens is 3. The first kappa shape index (κ1) is 15.0. The van der Waals surface area contributed by atoms with E-state index >= 15 is 0 Å². The number of halogens is 2. The molecule has 4 nitrogen and oxygen atoms in total. The minimum atomic E-state index is -0.348. The molecule has 2 aromatic carbocycles. The molecule has 0 fully saturated rings. The van der Waals surface area contributed by atoms with E-state index in [0.717, 1.165) is 5.56 Å². The molecule has 1 aromatic heterocycles. The molecule has 1 aliphatic rings. The van der Waals surface area contributed by atoms with Crippen molar-refractivity contribution in [2.45, 2.75) is 16.8 Å². The van der Waals surface area contributed by atoms with Crippen LogP contribution in [0.2, 0.25) is 0 Å². The van der Waals surface area contributed by atoms with Gasteiger partial charge >= 0.3 is 0 Å². The Labute approximate surface area is 140 Å². The van der Waals surface area contributed by atoms with Gasteiger partial charge in [0.25, 0.3) is 5.91 Å². The summed E-state index contributed by atoms with van der Waals surface area (Å²) < 4.78 is 27.7. The van der Waals surface area contributed by atoms with E-state index in [1.165, 1.54) is 40.7 Å². The Hall–Kier alpha value is -2.54. The average Bonchev–Trinajstić information content (AvgIpc) is 3.00. The maximum Gasteiger partial charge on any atom is 0.250 e. The van der Waals surface area contributed by atoms with Crippen LogP contribution in [0.3, 0.4) is 0 Å². The van der Waals surface area contributed by atoms with Crippen molar-refractivity contribution in [3.63, 3.8) is 0 Å². The molecule has 3 aromatic rings. The summed E-state index contributed by atoms with van der Waals surface area (Å²) in [6.45, 7) is 0. The van der Waals surface area contributed by atoms with Gasteiger partial charge in [-0.05, 0) is 42.0 Å². The summed E-state index contributed by atoms with van der Waals surface area (Å²) in [6, 6.07) is 12.0. The molecule has 1 unspecified atom stereocenters. The van der Waals surface area contributed by atoms with E-state index < -0.39 is 0 Å². The molecular formula is C17H11F2N3OS. The molecule has 2 heterocycles. The van der Waals surface area contributed by atoms with Crippen LogP contribution in [-0.2, 0) is 0 Å². The molecule has 0 saturated heterocycles. The van der Waals surface area contributed by atoms with E-state index in [-0.39, 0.29) is 29.2 Å². The van der Waals surface area contributed by atoms with Crippen molar-refractivity contribution in [1.29, 1.82) is 0 Å². The molecule has 0 spiro atoms. The van der Waals surface area contributed by atoms with Gasteiger partial charge in [-0.15, -0.1) is 5.10 Å². The molecule has 1 atom stereocenters. The molecule has 4 rings (SSSR count). The van der Waals surface area contributed by atoms with Gasteiger partial charge in [-0.25, -0.2) is 13.8 Å². The number of thioether (sulfide) groups is 1. The Morgan fingerprint density at radius 3 is 2.62 bits per heavy atom. The van der Waals surface area contributed by atoms with Gasteiger partial charge in [0.1, 0.15) is 11.6 Å². The lowest BCUT2D eigenvalue weighted by molar-refractivity contribution is 0.0868. The summed E-state index contributed by atoms with van der Waals surface area (Å²) in [6.07, 6.45) is 0.216. The normalized spacial score (nSPS) is 16.9. The number of carbonyl (C=O) groups excluding carboxylic acids is 1. The van der Waals surface area contributed by atoms with Gasteiger partial charge in [-0.2, -0.15) is 4.68 Å². The predicted molar refractivity (Wildman–Crippen MR) is 85.7 cm³/mol. The monoisotopic (exact) mass is 343 g/mol. The first-order chi connectivity index (χ1) is 11.6. The zero-order valence-electron chi connectivity index (χ0n) is 12.3. The molecule has 0 aliphatic carbocycles. The fraction of sp³-hybridized carbons (Fsp3) is 0.118. The molecule has 0 N–H and O–H groups in total. The van der Waals surface area contributed by atoms with Crippen molar-refractivity contribution in [3.05, 3.63) is 65.7 Å². The minimum Gasteiger partial charge on any atom is -0.272 e. The zero-order valence-corrected chi connectivity index (χ0v) is 13.1. The number of benzene rings is 2. The van der Waals surface area contributed by atoms with E-state index in [1.807, 2.05) is 0 Å². The molecule has 24 heavy (non-hydrogen) atoms. The highest BCUT2D eigenvalue weighted by Crippen LogP contribution is 2.41. The van der Waals surface area contributed by atoms with Crippen LogP contribution in [-0.4, -0.2) is 20.7 Å². The maximum absolute atomic E-state index is 13.4. The Kier molecular flexibility index (Phi) is 3.65. The SMILES string of the molecule is O=C1CC(c2cccc(F)c2)Sc2nc(-c3ccc(F)cc3)nn21. The largest absolute Gasteiger partial charge is 0.272 e. The third-order valence-corrected chi connectivity index (χ3v) is 4.94. The number of hydrogen-bond donors (Lipinski definition) is 0. The third-order valence-electron chi connectivity index (χ3n) is 3.74. The van der Waals surface area contributed by atoms with Gasteiger partial charge in [0.2, 0.25) is 0 Å².